The van der Waals surface area contributed by atoms with Gasteiger partial charge in [-0.25, -0.2) is 29.4 Å². The third kappa shape index (κ3) is 18.5. The van der Waals surface area contributed by atoms with Crippen LogP contribution < -0.4 is 9.80 Å². The molecule has 0 saturated carbocycles. The number of hydrogen-bond acceptors (Lipinski definition) is 6. The average Bonchev–Trinajstić information content (AvgIpc) is 3.24. The minimum absolute atomic E-state index is 0.349. The molecule has 4 aromatic rings. The van der Waals surface area contributed by atoms with Crippen LogP contribution in [0.25, 0.3) is 0 Å². The third-order valence-corrected chi connectivity index (χ3v) is 13.0. The van der Waals surface area contributed by atoms with Crippen molar-refractivity contribution in [2.45, 2.75) is 131 Å². The van der Waals surface area contributed by atoms with Gasteiger partial charge in [-0.2, -0.15) is 0 Å². The molecule has 12 heteroatoms. The van der Waals surface area contributed by atoms with Gasteiger partial charge in [0, 0.05) is 22.3 Å². The number of allylic oxidation sites excluding steroid dienone is 2. The Kier molecular flexibility index (Phi) is 17.5. The van der Waals surface area contributed by atoms with Crippen molar-refractivity contribution >= 4 is 78.7 Å². The second-order valence-corrected chi connectivity index (χ2v) is 42.9. The van der Waals surface area contributed by atoms with Crippen LogP contribution in [-0.2, 0) is 9.47 Å². The Morgan fingerprint density at radius 1 is 0.403 bits per heavy atom. The molecule has 2 amide bonds. The lowest BCUT2D eigenvalue weighted by Crippen LogP contribution is -2.42. The van der Waals surface area contributed by atoms with Crippen LogP contribution in [0, 0.1) is 45.9 Å². The van der Waals surface area contributed by atoms with Gasteiger partial charge in [-0.15, -0.1) is 22.2 Å². The summed E-state index contributed by atoms with van der Waals surface area (Å²) in [6, 6.07) is 30.4. The summed E-state index contributed by atoms with van der Waals surface area (Å²) < 4.78 is 12.4. The predicted octanol–water partition coefficient (Wildman–Crippen LogP) is 15.1. The molecule has 72 heavy (non-hydrogen) atoms. The summed E-state index contributed by atoms with van der Waals surface area (Å²) in [7, 11) is -6.66. The molecule has 0 heterocycles. The predicted molar refractivity (Wildman–Crippen MR) is 314 cm³/mol. The molecule has 372 valence electrons. The van der Waals surface area contributed by atoms with Gasteiger partial charge in [0.1, 0.15) is 43.5 Å². The maximum atomic E-state index is 14.9. The molecule has 0 saturated heterocycles. The fraction of sp³-hybridized carbons (Fsp3) is 0.333. The highest BCUT2D eigenvalue weighted by atomic mass is 28.3. The number of carbonyl (C=O) groups excluding carboxylic acids is 2. The number of anilines is 2. The quantitative estimate of drug-likeness (QED) is 0.109. The van der Waals surface area contributed by atoms with E-state index in [9.17, 15) is 9.59 Å². The highest BCUT2D eigenvalue weighted by Gasteiger charge is 2.36. The van der Waals surface area contributed by atoms with Crippen molar-refractivity contribution in [3.05, 3.63) is 143 Å². The molecule has 0 aliphatic heterocycles. The largest absolute Gasteiger partial charge is 0.443 e. The first-order valence-corrected chi connectivity index (χ1v) is 38.4. The summed E-state index contributed by atoms with van der Waals surface area (Å²) in [6.07, 6.45) is 2.30. The van der Waals surface area contributed by atoms with E-state index in [2.05, 4.69) is 124 Å². The maximum absolute atomic E-state index is 14.9. The lowest BCUT2D eigenvalue weighted by atomic mass is 10.0. The van der Waals surface area contributed by atoms with Crippen LogP contribution in [-0.4, -0.2) is 67.1 Å². The number of nitrogens with zero attached hydrogens (tertiary/aromatic N) is 4. The normalized spacial score (nSPS) is 14.1. The minimum atomic E-state index is -1.68. The fourth-order valence-corrected chi connectivity index (χ4v) is 8.41. The molecule has 0 unspecified atom stereocenters. The Hall–Kier alpha value is -6.65. The molecular formula is C60H72N4O4Si4. The molecule has 0 bridgehead atoms. The highest BCUT2D eigenvalue weighted by molar-refractivity contribution is 6.85. The Labute approximate surface area is 435 Å². The number of aliphatic imine (C=N–C) groups is 2. The van der Waals surface area contributed by atoms with Gasteiger partial charge in [0.25, 0.3) is 0 Å². The number of carbonyl (C=O) groups is 2. The van der Waals surface area contributed by atoms with Crippen molar-refractivity contribution in [1.82, 2.24) is 0 Å². The third-order valence-electron chi connectivity index (χ3n) is 9.52. The fourth-order valence-electron chi connectivity index (χ4n) is 6.34. The zero-order chi connectivity index (χ0) is 53.5. The van der Waals surface area contributed by atoms with Crippen LogP contribution in [0.2, 0.25) is 78.6 Å². The topological polar surface area (TPSA) is 83.8 Å². The van der Waals surface area contributed by atoms with Gasteiger partial charge >= 0.3 is 12.2 Å². The average molecular weight is 1030 g/mol. The van der Waals surface area contributed by atoms with Crippen molar-refractivity contribution in [2.75, 3.05) is 9.80 Å². The standard InChI is InChI=1S/C60H72N4O4Si4/c1-59(2,3)67-57(65)63(51-31-23-47(24-32-51)37-41-71(13,14)15)55-43-54(62-50-29-21-46(22-30-50)36-40-70(10,11)12)56(44-53(55)61-49-27-19-45(20-28-49)35-39-69(7,8)9)64(58(66)68-60(4,5)6)52-33-25-48(26-34-52)38-42-72(16,17)18/h19-34,43-44H,1-18H3. The lowest BCUT2D eigenvalue weighted by molar-refractivity contribution is 0.0582. The van der Waals surface area contributed by atoms with E-state index in [4.69, 9.17) is 19.5 Å². The molecule has 8 nitrogen and oxygen atoms in total. The first-order chi connectivity index (χ1) is 33.2. The van der Waals surface area contributed by atoms with E-state index in [0.717, 1.165) is 22.3 Å². The van der Waals surface area contributed by atoms with E-state index in [1.54, 1.807) is 12.2 Å². The summed E-state index contributed by atoms with van der Waals surface area (Å²) in [6.45, 7) is 37.4. The van der Waals surface area contributed by atoms with Crippen LogP contribution in [0.4, 0.5) is 32.3 Å². The second kappa shape index (κ2) is 22.4. The van der Waals surface area contributed by atoms with E-state index in [1.807, 2.05) is 139 Å². The smallest absolute Gasteiger partial charge is 0.419 e. The van der Waals surface area contributed by atoms with E-state index in [1.165, 1.54) is 9.80 Å². The zero-order valence-corrected chi connectivity index (χ0v) is 49.8. The summed E-state index contributed by atoms with van der Waals surface area (Å²) in [5, 5.41) is 0. The Morgan fingerprint density at radius 3 is 0.861 bits per heavy atom. The van der Waals surface area contributed by atoms with Crippen molar-refractivity contribution in [3.8, 4) is 45.9 Å². The van der Waals surface area contributed by atoms with Crippen LogP contribution in [0.3, 0.4) is 0 Å². The monoisotopic (exact) mass is 1020 g/mol. The Balaban J connectivity index is 1.89. The molecule has 1 aliphatic rings. The van der Waals surface area contributed by atoms with Crippen LogP contribution >= 0.6 is 0 Å². The number of hydrogen-bond donors (Lipinski definition) is 0. The van der Waals surface area contributed by atoms with Gasteiger partial charge in [-0.1, -0.05) is 102 Å². The van der Waals surface area contributed by atoms with Gasteiger partial charge < -0.3 is 9.47 Å². The van der Waals surface area contributed by atoms with Crippen molar-refractivity contribution < 1.29 is 19.1 Å². The van der Waals surface area contributed by atoms with Crippen LogP contribution in [0.1, 0.15) is 63.8 Å². The van der Waals surface area contributed by atoms with Gasteiger partial charge in [-0.05, 0) is 151 Å². The Morgan fingerprint density at radius 2 is 0.639 bits per heavy atom. The van der Waals surface area contributed by atoms with Gasteiger partial charge in [0.05, 0.1) is 45.6 Å². The first kappa shape index (κ1) is 56.3. The molecule has 5 rings (SSSR count). The molecular weight excluding hydrogens is 953 g/mol. The van der Waals surface area contributed by atoms with E-state index in [0.29, 0.717) is 45.6 Å². The molecule has 0 radical (unpaired) electrons. The van der Waals surface area contributed by atoms with Crippen LogP contribution in [0.5, 0.6) is 0 Å². The number of ether oxygens (including phenoxy) is 2. The van der Waals surface area contributed by atoms with Gasteiger partial charge in [-0.3, -0.25) is 0 Å². The SMILES string of the molecule is CC(C)(C)OC(=O)N(C1=CC(=Nc2ccc(C#C[Si](C)(C)C)cc2)C(N(C(=O)OC(C)(C)C)c2ccc(C#C[Si](C)(C)C)cc2)=CC1=Nc1ccc(C#C[Si](C)(C)C)cc1)c1ccc(C#C[Si](C)(C)C)cc1. The van der Waals surface area contributed by atoms with Crippen molar-refractivity contribution in [3.63, 3.8) is 0 Å². The van der Waals surface area contributed by atoms with E-state index in [-0.39, 0.29) is 0 Å². The molecule has 0 atom stereocenters. The van der Waals surface area contributed by atoms with Crippen molar-refractivity contribution in [1.29, 1.82) is 0 Å². The molecule has 0 fully saturated rings. The summed E-state index contributed by atoms with van der Waals surface area (Å²) in [5.41, 5.74) is 19.0. The second-order valence-electron chi connectivity index (χ2n) is 23.9. The molecule has 0 spiro atoms. The summed E-state index contributed by atoms with van der Waals surface area (Å²) >= 11 is 0. The highest BCUT2D eigenvalue weighted by Crippen LogP contribution is 2.34. The Bertz CT molecular complexity index is 2830. The number of rotatable bonds is 6. The molecule has 0 aromatic heterocycles. The summed E-state index contributed by atoms with van der Waals surface area (Å²) in [5.74, 6) is 13.3. The van der Waals surface area contributed by atoms with Crippen molar-refractivity contribution in [2.24, 2.45) is 9.98 Å². The molecule has 1 aliphatic carbocycles. The van der Waals surface area contributed by atoms with Gasteiger partial charge in [0.15, 0.2) is 0 Å². The number of benzene rings is 4. The lowest BCUT2D eigenvalue weighted by Gasteiger charge is -2.34. The molecule has 4 aromatic carbocycles. The maximum Gasteiger partial charge on any atom is 0.419 e. The van der Waals surface area contributed by atoms with Gasteiger partial charge in [0.2, 0.25) is 0 Å². The summed E-state index contributed by atoms with van der Waals surface area (Å²) in [4.78, 5) is 43.3. The van der Waals surface area contributed by atoms with Crippen LogP contribution in [0.15, 0.2) is 131 Å². The number of amides is 2. The van der Waals surface area contributed by atoms with E-state index < -0.39 is 55.7 Å². The van der Waals surface area contributed by atoms with E-state index >= 15 is 0 Å². The molecule has 0 N–H and O–H groups in total. The first-order valence-electron chi connectivity index (χ1n) is 24.4. The zero-order valence-electron chi connectivity index (χ0n) is 45.8. The minimum Gasteiger partial charge on any atom is -0.443 e.